The molecule has 0 radical (unpaired) electrons. The van der Waals surface area contributed by atoms with Crippen molar-refractivity contribution in [1.82, 2.24) is 0 Å². The third-order valence-corrected chi connectivity index (χ3v) is 4.42. The summed E-state index contributed by atoms with van der Waals surface area (Å²) in [6.07, 6.45) is -0.384. The van der Waals surface area contributed by atoms with Gasteiger partial charge in [-0.2, -0.15) is 0 Å². The van der Waals surface area contributed by atoms with Gasteiger partial charge in [-0.15, -0.1) is 0 Å². The first-order valence-corrected chi connectivity index (χ1v) is 7.33. The van der Waals surface area contributed by atoms with Crippen LogP contribution in [0.4, 0.5) is 5.69 Å². The lowest BCUT2D eigenvalue weighted by molar-refractivity contribution is 0.136. The van der Waals surface area contributed by atoms with E-state index in [0.29, 0.717) is 12.4 Å². The summed E-state index contributed by atoms with van der Waals surface area (Å²) >= 11 is 0. The molecule has 2 N–H and O–H groups in total. The van der Waals surface area contributed by atoms with Crippen molar-refractivity contribution in [3.05, 3.63) is 18.2 Å². The molecule has 0 aliphatic carbocycles. The van der Waals surface area contributed by atoms with E-state index < -0.39 is 9.84 Å². The number of ether oxygens (including phenoxy) is 2. The minimum atomic E-state index is -3.47. The Balaban J connectivity index is 3.10. The largest absolute Gasteiger partial charge is 0.494 e. The van der Waals surface area contributed by atoms with Crippen molar-refractivity contribution >= 4 is 15.5 Å². The molecule has 1 rings (SSSR count). The second-order valence-corrected chi connectivity index (χ2v) is 5.96. The van der Waals surface area contributed by atoms with Crippen LogP contribution in [0.5, 0.6) is 5.75 Å². The molecule has 1 aromatic carbocycles. The van der Waals surface area contributed by atoms with E-state index in [0.717, 1.165) is 0 Å². The van der Waals surface area contributed by atoms with E-state index in [1.165, 1.54) is 19.2 Å². The molecule has 1 unspecified atom stereocenters. The van der Waals surface area contributed by atoms with Gasteiger partial charge in [0.2, 0.25) is 0 Å². The molecule has 18 heavy (non-hydrogen) atoms. The van der Waals surface area contributed by atoms with Gasteiger partial charge in [0.25, 0.3) is 0 Å². The fourth-order valence-electron chi connectivity index (χ4n) is 1.51. The first kappa shape index (κ1) is 14.8. The molecule has 0 aliphatic rings. The number of benzene rings is 1. The van der Waals surface area contributed by atoms with Gasteiger partial charge in [-0.05, 0) is 26.0 Å². The van der Waals surface area contributed by atoms with E-state index in [1.807, 2.05) is 6.92 Å². The van der Waals surface area contributed by atoms with Crippen LogP contribution < -0.4 is 10.5 Å². The molecular formula is C12H19NO4S. The molecule has 0 amide bonds. The van der Waals surface area contributed by atoms with Gasteiger partial charge in [-0.25, -0.2) is 8.42 Å². The molecular weight excluding hydrogens is 254 g/mol. The highest BCUT2D eigenvalue weighted by Crippen LogP contribution is 2.25. The Morgan fingerprint density at radius 2 is 2.06 bits per heavy atom. The van der Waals surface area contributed by atoms with E-state index in [-0.39, 0.29) is 22.4 Å². The monoisotopic (exact) mass is 273 g/mol. The van der Waals surface area contributed by atoms with E-state index in [9.17, 15) is 8.42 Å². The minimum Gasteiger partial charge on any atom is -0.494 e. The number of nitrogen functional groups attached to an aromatic ring is 1. The molecule has 6 heteroatoms. The van der Waals surface area contributed by atoms with Crippen LogP contribution in [0.2, 0.25) is 0 Å². The lowest BCUT2D eigenvalue weighted by atomic mass is 10.3. The molecule has 0 heterocycles. The molecule has 1 atom stereocenters. The highest BCUT2D eigenvalue weighted by Gasteiger charge is 2.21. The third kappa shape index (κ3) is 3.61. The molecule has 0 aliphatic heterocycles. The molecule has 0 saturated carbocycles. The van der Waals surface area contributed by atoms with Crippen LogP contribution in [0, 0.1) is 0 Å². The second kappa shape index (κ2) is 6.06. The number of nitrogens with two attached hydrogens (primary N) is 1. The average molecular weight is 273 g/mol. The fourth-order valence-corrected chi connectivity index (χ4v) is 3.16. The Hall–Kier alpha value is -1.27. The lowest BCUT2D eigenvalue weighted by Gasteiger charge is -2.13. The van der Waals surface area contributed by atoms with Crippen LogP contribution in [-0.4, -0.2) is 34.0 Å². The zero-order valence-corrected chi connectivity index (χ0v) is 11.7. The quantitative estimate of drug-likeness (QED) is 0.794. The predicted molar refractivity (Wildman–Crippen MR) is 70.5 cm³/mol. The van der Waals surface area contributed by atoms with Gasteiger partial charge >= 0.3 is 0 Å². The minimum absolute atomic E-state index is 0.0948. The highest BCUT2D eigenvalue weighted by atomic mass is 32.2. The van der Waals surface area contributed by atoms with Crippen LogP contribution >= 0.6 is 0 Å². The molecule has 1 aromatic rings. The van der Waals surface area contributed by atoms with Crippen LogP contribution in [0.1, 0.15) is 13.8 Å². The van der Waals surface area contributed by atoms with Crippen LogP contribution in [0.25, 0.3) is 0 Å². The molecule has 5 nitrogen and oxygen atoms in total. The normalized spacial score (nSPS) is 13.3. The van der Waals surface area contributed by atoms with Gasteiger partial charge in [0.15, 0.2) is 9.84 Å². The molecule has 0 saturated heterocycles. The smallest absolute Gasteiger partial charge is 0.183 e. The highest BCUT2D eigenvalue weighted by molar-refractivity contribution is 7.91. The van der Waals surface area contributed by atoms with Crippen molar-refractivity contribution < 1.29 is 17.9 Å². The molecule has 102 valence electrons. The van der Waals surface area contributed by atoms with Crippen molar-refractivity contribution in [2.75, 3.05) is 25.2 Å². The average Bonchev–Trinajstić information content (AvgIpc) is 2.31. The van der Waals surface area contributed by atoms with Gasteiger partial charge in [0.05, 0.1) is 29.0 Å². The van der Waals surface area contributed by atoms with Gasteiger partial charge in [0.1, 0.15) is 5.75 Å². The summed E-state index contributed by atoms with van der Waals surface area (Å²) in [5, 5.41) is 0. The Bertz CT molecular complexity index is 499. The van der Waals surface area contributed by atoms with Gasteiger partial charge in [-0.1, -0.05) is 0 Å². The number of hydrogen-bond donors (Lipinski definition) is 1. The van der Waals surface area contributed by atoms with Crippen molar-refractivity contribution in [3.8, 4) is 5.75 Å². The van der Waals surface area contributed by atoms with Gasteiger partial charge < -0.3 is 15.2 Å². The second-order valence-electron chi connectivity index (χ2n) is 3.96. The summed E-state index contributed by atoms with van der Waals surface area (Å²) < 4.78 is 34.6. The maximum absolute atomic E-state index is 12.2. The number of rotatable bonds is 6. The summed E-state index contributed by atoms with van der Waals surface area (Å²) in [6, 6.07) is 4.64. The topological polar surface area (TPSA) is 78.6 Å². The Labute approximate surface area is 108 Å². The Morgan fingerprint density at radius 3 is 2.61 bits per heavy atom. The van der Waals surface area contributed by atoms with E-state index in [1.54, 1.807) is 13.0 Å². The Kier molecular flexibility index (Phi) is 4.98. The van der Waals surface area contributed by atoms with Crippen molar-refractivity contribution in [1.29, 1.82) is 0 Å². The maximum Gasteiger partial charge on any atom is 0.183 e. The number of anilines is 1. The van der Waals surface area contributed by atoms with Crippen molar-refractivity contribution in [3.63, 3.8) is 0 Å². The number of sulfone groups is 1. The Morgan fingerprint density at radius 1 is 1.39 bits per heavy atom. The first-order chi connectivity index (χ1) is 8.40. The van der Waals surface area contributed by atoms with Crippen LogP contribution in [0.15, 0.2) is 23.1 Å². The van der Waals surface area contributed by atoms with Crippen LogP contribution in [-0.2, 0) is 14.6 Å². The van der Waals surface area contributed by atoms with Gasteiger partial charge in [-0.3, -0.25) is 0 Å². The zero-order valence-electron chi connectivity index (χ0n) is 10.8. The summed E-state index contributed by atoms with van der Waals surface area (Å²) in [5.41, 5.74) is 5.94. The van der Waals surface area contributed by atoms with E-state index >= 15 is 0 Å². The summed E-state index contributed by atoms with van der Waals surface area (Å²) in [4.78, 5) is 0.0948. The molecule has 0 bridgehead atoms. The molecule has 0 aromatic heterocycles. The molecule has 0 spiro atoms. The SMILES string of the molecule is CCOc1ccc(N)c(S(=O)(=O)CC(C)OC)c1. The first-order valence-electron chi connectivity index (χ1n) is 5.68. The fraction of sp³-hybridized carbons (Fsp3) is 0.500. The number of hydrogen-bond acceptors (Lipinski definition) is 5. The van der Waals surface area contributed by atoms with Crippen molar-refractivity contribution in [2.45, 2.75) is 24.8 Å². The maximum atomic E-state index is 12.2. The predicted octanol–water partition coefficient (Wildman–Crippen LogP) is 1.48. The third-order valence-electron chi connectivity index (χ3n) is 2.49. The lowest BCUT2D eigenvalue weighted by Crippen LogP contribution is -2.20. The van der Waals surface area contributed by atoms with E-state index in [4.69, 9.17) is 15.2 Å². The van der Waals surface area contributed by atoms with Crippen molar-refractivity contribution in [2.24, 2.45) is 0 Å². The summed E-state index contributed by atoms with van der Waals surface area (Å²) in [6.45, 7) is 4.00. The van der Waals surface area contributed by atoms with E-state index in [2.05, 4.69) is 0 Å². The van der Waals surface area contributed by atoms with Gasteiger partial charge in [0, 0.05) is 13.2 Å². The molecule has 0 fully saturated rings. The standard InChI is InChI=1S/C12H19NO4S/c1-4-17-10-5-6-11(13)12(7-10)18(14,15)8-9(2)16-3/h5-7,9H,4,8,13H2,1-3H3. The van der Waals surface area contributed by atoms with Crippen LogP contribution in [0.3, 0.4) is 0 Å². The zero-order chi connectivity index (χ0) is 13.8. The summed E-state index contributed by atoms with van der Waals surface area (Å²) in [5.74, 6) is 0.388. The summed E-state index contributed by atoms with van der Waals surface area (Å²) in [7, 11) is -2.00. The number of methoxy groups -OCH3 is 1.